The van der Waals surface area contributed by atoms with Crippen molar-refractivity contribution in [2.75, 3.05) is 19.0 Å². The summed E-state index contributed by atoms with van der Waals surface area (Å²) >= 11 is 7.59. The van der Waals surface area contributed by atoms with Crippen molar-refractivity contribution in [3.05, 3.63) is 81.5 Å². The number of rotatable bonds is 8. The fourth-order valence-electron chi connectivity index (χ4n) is 3.07. The van der Waals surface area contributed by atoms with Crippen LogP contribution in [0.3, 0.4) is 0 Å². The van der Waals surface area contributed by atoms with E-state index in [2.05, 4.69) is 5.32 Å². The zero-order valence-electron chi connectivity index (χ0n) is 15.9. The highest BCUT2D eigenvalue weighted by Gasteiger charge is 2.26. The molecule has 1 amide bonds. The van der Waals surface area contributed by atoms with Crippen molar-refractivity contribution < 1.29 is 9.53 Å². The molecule has 2 aromatic carbocycles. The number of likely N-dealkylation sites (N-methyl/N-ethyl adjacent to an activating group) is 1. The van der Waals surface area contributed by atoms with E-state index in [1.807, 2.05) is 85.6 Å². The number of thiophene rings is 1. The monoisotopic (exact) mass is 414 g/mol. The molecule has 0 saturated carbocycles. The summed E-state index contributed by atoms with van der Waals surface area (Å²) in [5.41, 5.74) is 1.60. The van der Waals surface area contributed by atoms with E-state index in [9.17, 15) is 4.79 Å². The zero-order valence-corrected chi connectivity index (χ0v) is 17.5. The molecule has 0 unspecified atom stereocenters. The molecule has 4 nitrogen and oxygen atoms in total. The Morgan fingerprint density at radius 1 is 1.11 bits per heavy atom. The van der Waals surface area contributed by atoms with Gasteiger partial charge in [-0.25, -0.2) is 0 Å². The Labute approximate surface area is 174 Å². The summed E-state index contributed by atoms with van der Waals surface area (Å²) in [6.07, 6.45) is 0. The van der Waals surface area contributed by atoms with Crippen LogP contribution in [0, 0.1) is 0 Å². The first-order chi connectivity index (χ1) is 13.6. The van der Waals surface area contributed by atoms with Gasteiger partial charge in [0.05, 0.1) is 16.6 Å². The SMILES string of the molecule is CCOc1ccccc1NC(=O)[C@@H](c1ccccc1)N(C)Cc1ccc(Cl)s1. The van der Waals surface area contributed by atoms with Gasteiger partial charge in [-0.1, -0.05) is 54.1 Å². The molecule has 0 bridgehead atoms. The Morgan fingerprint density at radius 2 is 1.82 bits per heavy atom. The van der Waals surface area contributed by atoms with Crippen molar-refractivity contribution in [2.24, 2.45) is 0 Å². The highest BCUT2D eigenvalue weighted by atomic mass is 35.5. The summed E-state index contributed by atoms with van der Waals surface area (Å²) in [5, 5.41) is 3.04. The van der Waals surface area contributed by atoms with Crippen molar-refractivity contribution in [1.29, 1.82) is 0 Å². The van der Waals surface area contributed by atoms with Crippen LogP contribution in [0.1, 0.15) is 23.4 Å². The Balaban J connectivity index is 1.85. The molecule has 0 spiro atoms. The molecule has 0 aliphatic carbocycles. The van der Waals surface area contributed by atoms with Crippen molar-refractivity contribution in [2.45, 2.75) is 19.5 Å². The van der Waals surface area contributed by atoms with Gasteiger partial charge in [0.25, 0.3) is 0 Å². The van der Waals surface area contributed by atoms with Crippen LogP contribution >= 0.6 is 22.9 Å². The summed E-state index contributed by atoms with van der Waals surface area (Å²) < 4.78 is 6.39. The number of benzene rings is 2. The Hall–Kier alpha value is -2.34. The number of hydrogen-bond donors (Lipinski definition) is 1. The number of anilines is 1. The van der Waals surface area contributed by atoms with Gasteiger partial charge < -0.3 is 10.1 Å². The molecule has 0 aliphatic heterocycles. The van der Waals surface area contributed by atoms with E-state index in [1.54, 1.807) is 0 Å². The van der Waals surface area contributed by atoms with E-state index in [0.29, 0.717) is 24.6 Å². The zero-order chi connectivity index (χ0) is 19.9. The molecule has 1 atom stereocenters. The molecular weight excluding hydrogens is 392 g/mol. The minimum Gasteiger partial charge on any atom is -0.492 e. The van der Waals surface area contributed by atoms with E-state index >= 15 is 0 Å². The molecule has 6 heteroatoms. The molecule has 0 fully saturated rings. The van der Waals surface area contributed by atoms with Gasteiger partial charge in [-0.3, -0.25) is 9.69 Å². The summed E-state index contributed by atoms with van der Waals surface area (Å²) in [5.74, 6) is 0.557. The molecule has 3 rings (SSSR count). The fraction of sp³-hybridized carbons (Fsp3) is 0.227. The first-order valence-electron chi connectivity index (χ1n) is 9.10. The minimum atomic E-state index is -0.447. The Kier molecular flexibility index (Phi) is 7.09. The Bertz CT molecular complexity index is 914. The Morgan fingerprint density at radius 3 is 2.50 bits per heavy atom. The average molecular weight is 415 g/mol. The van der Waals surface area contributed by atoms with E-state index in [1.165, 1.54) is 11.3 Å². The standard InChI is InChI=1S/C22H23ClN2O2S/c1-3-27-19-12-8-7-11-18(19)24-22(26)21(16-9-5-4-6-10-16)25(2)15-17-13-14-20(23)28-17/h4-14,21H,3,15H2,1-2H3,(H,24,26)/t21-/m1/s1. The van der Waals surface area contributed by atoms with Crippen molar-refractivity contribution in [3.63, 3.8) is 0 Å². The second kappa shape index (κ2) is 9.73. The van der Waals surface area contributed by atoms with Crippen LogP contribution < -0.4 is 10.1 Å². The summed E-state index contributed by atoms with van der Waals surface area (Å²) in [6.45, 7) is 3.08. The highest BCUT2D eigenvalue weighted by molar-refractivity contribution is 7.16. The lowest BCUT2D eigenvalue weighted by molar-refractivity contribution is -0.121. The number of carbonyl (C=O) groups is 1. The smallest absolute Gasteiger partial charge is 0.246 e. The molecule has 0 radical (unpaired) electrons. The first kappa shape index (κ1) is 20.4. The molecule has 146 valence electrons. The third-order valence-corrected chi connectivity index (χ3v) is 5.50. The van der Waals surface area contributed by atoms with Gasteiger partial charge in [0.1, 0.15) is 11.8 Å². The topological polar surface area (TPSA) is 41.6 Å². The number of para-hydroxylation sites is 2. The number of amides is 1. The van der Waals surface area contributed by atoms with Crippen LogP contribution in [0.25, 0.3) is 0 Å². The van der Waals surface area contributed by atoms with Crippen molar-refractivity contribution in [1.82, 2.24) is 4.90 Å². The van der Waals surface area contributed by atoms with Gasteiger partial charge in [0, 0.05) is 11.4 Å². The van der Waals surface area contributed by atoms with Crippen LogP contribution in [0.5, 0.6) is 5.75 Å². The van der Waals surface area contributed by atoms with Crippen LogP contribution in [0.4, 0.5) is 5.69 Å². The maximum Gasteiger partial charge on any atom is 0.246 e. The summed E-state index contributed by atoms with van der Waals surface area (Å²) in [7, 11) is 1.94. The molecule has 1 aromatic heterocycles. The van der Waals surface area contributed by atoms with Gasteiger partial charge >= 0.3 is 0 Å². The number of nitrogens with one attached hydrogen (secondary N) is 1. The van der Waals surface area contributed by atoms with Gasteiger partial charge in [-0.05, 0) is 43.8 Å². The summed E-state index contributed by atoms with van der Waals surface area (Å²) in [6, 6.07) is 20.7. The normalized spacial score (nSPS) is 12.0. The number of hydrogen-bond acceptors (Lipinski definition) is 4. The predicted molar refractivity (Wildman–Crippen MR) is 116 cm³/mol. The van der Waals surface area contributed by atoms with Crippen LogP contribution in [0.2, 0.25) is 4.34 Å². The third kappa shape index (κ3) is 5.13. The number of carbonyl (C=O) groups excluding carboxylic acids is 1. The largest absolute Gasteiger partial charge is 0.492 e. The second-order valence-corrected chi connectivity index (χ2v) is 8.15. The van der Waals surface area contributed by atoms with Gasteiger partial charge in [-0.2, -0.15) is 0 Å². The van der Waals surface area contributed by atoms with Crippen LogP contribution in [-0.2, 0) is 11.3 Å². The van der Waals surface area contributed by atoms with Gasteiger partial charge in [0.2, 0.25) is 5.91 Å². The molecule has 28 heavy (non-hydrogen) atoms. The average Bonchev–Trinajstić information content (AvgIpc) is 3.09. The molecule has 0 aliphatic rings. The van der Waals surface area contributed by atoms with Gasteiger partial charge in [0.15, 0.2) is 0 Å². The van der Waals surface area contributed by atoms with Crippen molar-refractivity contribution in [3.8, 4) is 5.75 Å². The highest BCUT2D eigenvalue weighted by Crippen LogP contribution is 2.29. The molecule has 1 heterocycles. The maximum atomic E-state index is 13.3. The molecule has 1 N–H and O–H groups in total. The van der Waals surface area contributed by atoms with Crippen LogP contribution in [-0.4, -0.2) is 24.5 Å². The fourth-order valence-corrected chi connectivity index (χ4v) is 4.22. The second-order valence-electron chi connectivity index (χ2n) is 6.35. The first-order valence-corrected chi connectivity index (χ1v) is 10.3. The summed E-state index contributed by atoms with van der Waals surface area (Å²) in [4.78, 5) is 16.4. The van der Waals surface area contributed by atoms with Gasteiger partial charge in [-0.15, -0.1) is 11.3 Å². The van der Waals surface area contributed by atoms with Crippen LogP contribution in [0.15, 0.2) is 66.7 Å². The van der Waals surface area contributed by atoms with E-state index in [4.69, 9.17) is 16.3 Å². The lowest BCUT2D eigenvalue weighted by atomic mass is 10.0. The molecular formula is C22H23ClN2O2S. The minimum absolute atomic E-state index is 0.108. The predicted octanol–water partition coefficient (Wildman–Crippen LogP) is 5.61. The van der Waals surface area contributed by atoms with Crippen molar-refractivity contribution >= 4 is 34.5 Å². The lowest BCUT2D eigenvalue weighted by Gasteiger charge is -2.27. The molecule has 3 aromatic rings. The quantitative estimate of drug-likeness (QED) is 0.520. The maximum absolute atomic E-state index is 13.3. The number of ether oxygens (including phenoxy) is 1. The van der Waals surface area contributed by atoms with E-state index in [-0.39, 0.29) is 5.91 Å². The van der Waals surface area contributed by atoms with E-state index < -0.39 is 6.04 Å². The molecule has 0 saturated heterocycles. The third-order valence-electron chi connectivity index (χ3n) is 4.28. The lowest BCUT2D eigenvalue weighted by Crippen LogP contribution is -2.34. The number of halogens is 1. The number of nitrogens with zero attached hydrogens (tertiary/aromatic N) is 1. The van der Waals surface area contributed by atoms with E-state index in [0.717, 1.165) is 14.8 Å².